The summed E-state index contributed by atoms with van der Waals surface area (Å²) in [4.78, 5) is 12.2. The number of benzene rings is 2. The van der Waals surface area contributed by atoms with E-state index in [0.717, 1.165) is 12.1 Å². The van der Waals surface area contributed by atoms with Crippen molar-refractivity contribution in [3.63, 3.8) is 0 Å². The molecule has 0 fully saturated rings. The Bertz CT molecular complexity index is 711. The molecule has 0 aliphatic rings. The Morgan fingerprint density at radius 2 is 1.70 bits per heavy atom. The molecule has 0 aromatic heterocycles. The number of Topliss-reactive ketones (excluding diaryl/α,β-unsaturated/α-hetero) is 1. The zero-order valence-electron chi connectivity index (χ0n) is 12.3. The van der Waals surface area contributed by atoms with Crippen LogP contribution in [0.5, 0.6) is 5.75 Å². The molecule has 23 heavy (non-hydrogen) atoms. The Labute approximate surface area is 131 Å². The van der Waals surface area contributed by atoms with E-state index in [2.05, 4.69) is 0 Å². The summed E-state index contributed by atoms with van der Waals surface area (Å²) in [5.41, 5.74) is -3.38. The Hall–Kier alpha value is -2.34. The van der Waals surface area contributed by atoms with Crippen LogP contribution >= 0.6 is 0 Å². The third-order valence-corrected chi connectivity index (χ3v) is 3.59. The molecule has 0 radical (unpaired) electrons. The number of aromatic hydroxyl groups is 1. The molecule has 0 heterocycles. The van der Waals surface area contributed by atoms with Crippen LogP contribution in [0.2, 0.25) is 0 Å². The van der Waals surface area contributed by atoms with Gasteiger partial charge in [0.25, 0.3) is 0 Å². The van der Waals surface area contributed by atoms with E-state index in [4.69, 9.17) is 0 Å². The predicted molar refractivity (Wildman–Crippen MR) is 78.2 cm³/mol. The number of carbonyl (C=O) groups excluding carboxylic acids is 1. The van der Waals surface area contributed by atoms with Crippen LogP contribution < -0.4 is 0 Å². The first-order valence-corrected chi connectivity index (χ1v) is 6.82. The second-order valence-electron chi connectivity index (χ2n) is 5.34. The van der Waals surface area contributed by atoms with Gasteiger partial charge in [0.15, 0.2) is 11.4 Å². The van der Waals surface area contributed by atoms with E-state index in [1.54, 1.807) is 6.92 Å². The van der Waals surface area contributed by atoms with Crippen LogP contribution in [0.4, 0.5) is 13.2 Å². The van der Waals surface area contributed by atoms with E-state index >= 15 is 0 Å². The molecule has 0 unspecified atom stereocenters. The Morgan fingerprint density at radius 3 is 2.26 bits per heavy atom. The molecule has 0 saturated carbocycles. The summed E-state index contributed by atoms with van der Waals surface area (Å²) in [5, 5.41) is 19.9. The second-order valence-corrected chi connectivity index (χ2v) is 5.34. The smallest absolute Gasteiger partial charge is 0.421 e. The van der Waals surface area contributed by atoms with Crippen molar-refractivity contribution in [1.29, 1.82) is 0 Å². The molecule has 0 aliphatic heterocycles. The predicted octanol–water partition coefficient (Wildman–Crippen LogP) is 3.72. The van der Waals surface area contributed by atoms with Crippen LogP contribution in [0.1, 0.15) is 27.9 Å². The summed E-state index contributed by atoms with van der Waals surface area (Å²) in [6, 6.07) is 10.5. The standard InChI is InChI=1S/C17H15F3O3/c1-11-7-8-14(21)13(9-11)15(22)10-16(23,17(18,19)20)12-5-3-2-4-6-12/h2-9,21,23H,10H2,1H3/t16-/m1/s1. The zero-order chi connectivity index (χ0) is 17.3. The van der Waals surface area contributed by atoms with Gasteiger partial charge in [0, 0.05) is 0 Å². The molecule has 1 atom stereocenters. The van der Waals surface area contributed by atoms with Gasteiger partial charge in [-0.1, -0.05) is 42.0 Å². The van der Waals surface area contributed by atoms with Gasteiger partial charge in [-0.25, -0.2) is 0 Å². The van der Waals surface area contributed by atoms with Crippen molar-refractivity contribution in [2.45, 2.75) is 25.1 Å². The third-order valence-electron chi connectivity index (χ3n) is 3.59. The van der Waals surface area contributed by atoms with Crippen LogP contribution in [0.25, 0.3) is 0 Å². The van der Waals surface area contributed by atoms with E-state index in [1.807, 2.05) is 0 Å². The van der Waals surface area contributed by atoms with E-state index in [-0.39, 0.29) is 5.56 Å². The van der Waals surface area contributed by atoms with Gasteiger partial charge in [-0.2, -0.15) is 13.2 Å². The molecule has 122 valence electrons. The minimum absolute atomic E-state index is 0.247. The van der Waals surface area contributed by atoms with E-state index in [1.165, 1.54) is 36.4 Å². The number of rotatable bonds is 4. The number of aryl methyl sites for hydroxylation is 1. The van der Waals surface area contributed by atoms with E-state index in [9.17, 15) is 28.2 Å². The molecule has 0 bridgehead atoms. The van der Waals surface area contributed by atoms with Crippen molar-refractivity contribution < 1.29 is 28.2 Å². The average Bonchev–Trinajstić information content (AvgIpc) is 2.49. The number of alkyl halides is 3. The van der Waals surface area contributed by atoms with Crippen molar-refractivity contribution in [3.05, 3.63) is 65.2 Å². The summed E-state index contributed by atoms with van der Waals surface area (Å²) in [6.45, 7) is 1.64. The number of carbonyl (C=O) groups is 1. The fourth-order valence-electron chi connectivity index (χ4n) is 2.28. The minimum atomic E-state index is -5.04. The van der Waals surface area contributed by atoms with Gasteiger partial charge >= 0.3 is 6.18 Å². The second kappa shape index (κ2) is 6.04. The first-order valence-electron chi connectivity index (χ1n) is 6.82. The van der Waals surface area contributed by atoms with Gasteiger partial charge in [0.2, 0.25) is 0 Å². The maximum absolute atomic E-state index is 13.4. The topological polar surface area (TPSA) is 57.5 Å². The lowest BCUT2D eigenvalue weighted by molar-refractivity contribution is -0.264. The van der Waals surface area contributed by atoms with Crippen molar-refractivity contribution in [1.82, 2.24) is 0 Å². The molecule has 2 N–H and O–H groups in total. The van der Waals surface area contributed by atoms with Crippen LogP contribution in [0, 0.1) is 6.92 Å². The van der Waals surface area contributed by atoms with Crippen molar-refractivity contribution in [3.8, 4) is 5.75 Å². The summed E-state index contributed by atoms with van der Waals surface area (Å²) < 4.78 is 40.1. The number of phenolic OH excluding ortho intramolecular Hbond substituents is 1. The van der Waals surface area contributed by atoms with Crippen LogP contribution in [0.3, 0.4) is 0 Å². The lowest BCUT2D eigenvalue weighted by Crippen LogP contribution is -2.44. The number of hydrogen-bond acceptors (Lipinski definition) is 3. The van der Waals surface area contributed by atoms with Gasteiger partial charge in [0.05, 0.1) is 12.0 Å². The molecule has 2 aromatic rings. The summed E-state index contributed by atoms with van der Waals surface area (Å²) in [6.07, 6.45) is -6.25. The van der Waals surface area contributed by atoms with Gasteiger partial charge in [-0.05, 0) is 24.6 Å². The first-order chi connectivity index (χ1) is 10.6. The number of aliphatic hydroxyl groups is 1. The molecule has 0 spiro atoms. The molecular weight excluding hydrogens is 309 g/mol. The number of ketones is 1. The molecule has 2 rings (SSSR count). The van der Waals surface area contributed by atoms with Crippen LogP contribution in [-0.4, -0.2) is 22.2 Å². The highest BCUT2D eigenvalue weighted by molar-refractivity contribution is 5.99. The van der Waals surface area contributed by atoms with Crippen molar-refractivity contribution >= 4 is 5.78 Å². The Balaban J connectivity index is 2.43. The number of hydrogen-bond donors (Lipinski definition) is 2. The average molecular weight is 324 g/mol. The van der Waals surface area contributed by atoms with Gasteiger partial charge in [-0.15, -0.1) is 0 Å². The SMILES string of the molecule is Cc1ccc(O)c(C(=O)C[C@@](O)(c2ccccc2)C(F)(F)F)c1. The van der Waals surface area contributed by atoms with Crippen molar-refractivity contribution in [2.75, 3.05) is 0 Å². The number of phenols is 1. The van der Waals surface area contributed by atoms with Crippen LogP contribution in [0.15, 0.2) is 48.5 Å². The molecule has 0 aliphatic carbocycles. The highest BCUT2D eigenvalue weighted by atomic mass is 19.4. The van der Waals surface area contributed by atoms with Gasteiger partial charge in [0.1, 0.15) is 5.75 Å². The minimum Gasteiger partial charge on any atom is -0.507 e. The first kappa shape index (κ1) is 17.0. The molecular formula is C17H15F3O3. The number of halogens is 3. The molecule has 2 aromatic carbocycles. The molecule has 0 saturated heterocycles. The van der Waals surface area contributed by atoms with Gasteiger partial charge in [-0.3, -0.25) is 4.79 Å². The molecule has 3 nitrogen and oxygen atoms in total. The Kier molecular flexibility index (Phi) is 4.47. The largest absolute Gasteiger partial charge is 0.507 e. The normalized spacial score (nSPS) is 14.3. The fourth-order valence-corrected chi connectivity index (χ4v) is 2.28. The van der Waals surface area contributed by atoms with Crippen LogP contribution in [-0.2, 0) is 5.60 Å². The maximum Gasteiger partial charge on any atom is 0.421 e. The maximum atomic E-state index is 13.4. The molecule has 6 heteroatoms. The lowest BCUT2D eigenvalue weighted by Gasteiger charge is -2.30. The molecule has 0 amide bonds. The van der Waals surface area contributed by atoms with Gasteiger partial charge < -0.3 is 10.2 Å². The fraction of sp³-hybridized carbons (Fsp3) is 0.235. The highest BCUT2D eigenvalue weighted by Gasteiger charge is 2.56. The third kappa shape index (κ3) is 3.37. The summed E-state index contributed by atoms with van der Waals surface area (Å²) in [7, 11) is 0. The van der Waals surface area contributed by atoms with E-state index in [0.29, 0.717) is 5.56 Å². The zero-order valence-corrected chi connectivity index (χ0v) is 12.3. The quantitative estimate of drug-likeness (QED) is 0.843. The lowest BCUT2D eigenvalue weighted by atomic mass is 9.86. The summed E-state index contributed by atoms with van der Waals surface area (Å²) in [5.74, 6) is -1.41. The van der Waals surface area contributed by atoms with Crippen molar-refractivity contribution in [2.24, 2.45) is 0 Å². The summed E-state index contributed by atoms with van der Waals surface area (Å²) >= 11 is 0. The Morgan fingerprint density at radius 1 is 1.09 bits per heavy atom. The highest BCUT2D eigenvalue weighted by Crippen LogP contribution is 2.42. The van der Waals surface area contributed by atoms with E-state index < -0.39 is 35.3 Å². The monoisotopic (exact) mass is 324 g/mol.